The number of morpholine rings is 1. The van der Waals surface area contributed by atoms with Crippen LogP contribution in [0.2, 0.25) is 0 Å². The number of anilines is 1. The van der Waals surface area contributed by atoms with Crippen LogP contribution in [0.5, 0.6) is 0 Å². The highest BCUT2D eigenvalue weighted by atomic mass is 16.5. The summed E-state index contributed by atoms with van der Waals surface area (Å²) in [7, 11) is 4.14. The van der Waals surface area contributed by atoms with E-state index >= 15 is 0 Å². The fourth-order valence-corrected chi connectivity index (χ4v) is 7.11. The fraction of sp³-hybridized carbons (Fsp3) is 0.720. The maximum absolute atomic E-state index is 13.5. The van der Waals surface area contributed by atoms with Crippen molar-refractivity contribution in [2.24, 2.45) is 23.2 Å². The number of amides is 1. The van der Waals surface area contributed by atoms with Crippen LogP contribution < -0.4 is 10.2 Å². The van der Waals surface area contributed by atoms with Gasteiger partial charge in [0.15, 0.2) is 0 Å². The van der Waals surface area contributed by atoms with Crippen molar-refractivity contribution in [2.45, 2.75) is 44.6 Å². The van der Waals surface area contributed by atoms with Gasteiger partial charge in [-0.15, -0.1) is 0 Å². The van der Waals surface area contributed by atoms with Crippen LogP contribution in [-0.4, -0.2) is 57.8 Å². The molecule has 0 radical (unpaired) electrons. The maximum atomic E-state index is 13.5. The smallest absolute Gasteiger partial charge is 0.226 e. The summed E-state index contributed by atoms with van der Waals surface area (Å²) in [6.45, 7) is 4.09. The number of benzene rings is 1. The van der Waals surface area contributed by atoms with Gasteiger partial charge in [-0.3, -0.25) is 9.69 Å². The van der Waals surface area contributed by atoms with Gasteiger partial charge in [0, 0.05) is 44.8 Å². The second-order valence-electron chi connectivity index (χ2n) is 10.6. The van der Waals surface area contributed by atoms with Crippen LogP contribution in [0.3, 0.4) is 0 Å². The predicted octanol–water partition coefficient (Wildman–Crippen LogP) is 3.46. The number of nitrogens with one attached hydrogen (secondary N) is 1. The Bertz CT molecular complexity index is 719. The first kappa shape index (κ1) is 20.3. The number of rotatable bonds is 6. The second kappa shape index (κ2) is 8.16. The van der Waals surface area contributed by atoms with Gasteiger partial charge in [0.2, 0.25) is 5.91 Å². The quantitative estimate of drug-likeness (QED) is 0.779. The largest absolute Gasteiger partial charge is 0.379 e. The number of ether oxygens (including phenoxy) is 1. The molecule has 1 aliphatic heterocycles. The first-order chi connectivity index (χ1) is 14.5. The molecule has 0 spiro atoms. The Balaban J connectivity index is 1.30. The molecular weight excluding hydrogens is 374 g/mol. The molecule has 1 saturated heterocycles. The van der Waals surface area contributed by atoms with E-state index in [0.717, 1.165) is 63.3 Å². The Kier molecular flexibility index (Phi) is 5.53. The summed E-state index contributed by atoms with van der Waals surface area (Å²) < 4.78 is 5.59. The van der Waals surface area contributed by atoms with Crippen molar-refractivity contribution in [1.29, 1.82) is 0 Å². The van der Waals surface area contributed by atoms with Gasteiger partial charge in [0.1, 0.15) is 0 Å². The third-order valence-corrected chi connectivity index (χ3v) is 8.26. The van der Waals surface area contributed by atoms with Gasteiger partial charge in [-0.25, -0.2) is 0 Å². The van der Waals surface area contributed by atoms with Crippen LogP contribution in [0.15, 0.2) is 24.3 Å². The molecule has 1 heterocycles. The van der Waals surface area contributed by atoms with Crippen LogP contribution in [0.4, 0.5) is 5.69 Å². The minimum absolute atomic E-state index is 0.0703. The summed E-state index contributed by atoms with van der Waals surface area (Å²) in [6.07, 6.45) is 7.52. The second-order valence-corrected chi connectivity index (χ2v) is 10.6. The summed E-state index contributed by atoms with van der Waals surface area (Å²) in [5.74, 6) is 2.74. The lowest BCUT2D eigenvalue weighted by Gasteiger charge is -2.55. The monoisotopic (exact) mass is 411 g/mol. The van der Waals surface area contributed by atoms with Crippen LogP contribution in [-0.2, 0) is 9.53 Å². The minimum atomic E-state index is -0.0703. The molecule has 1 aromatic carbocycles. The summed E-state index contributed by atoms with van der Waals surface area (Å²) in [4.78, 5) is 18.1. The van der Waals surface area contributed by atoms with Crippen molar-refractivity contribution >= 4 is 11.6 Å². The number of carbonyl (C=O) groups is 1. The molecule has 4 aliphatic carbocycles. The zero-order valence-electron chi connectivity index (χ0n) is 18.6. The number of hydrogen-bond donors (Lipinski definition) is 1. The molecule has 1 N–H and O–H groups in total. The first-order valence-electron chi connectivity index (χ1n) is 11.9. The van der Waals surface area contributed by atoms with E-state index in [0.29, 0.717) is 12.5 Å². The Labute approximate surface area is 181 Å². The minimum Gasteiger partial charge on any atom is -0.379 e. The third-order valence-electron chi connectivity index (χ3n) is 8.26. The van der Waals surface area contributed by atoms with Crippen molar-refractivity contribution in [3.63, 3.8) is 0 Å². The van der Waals surface area contributed by atoms with E-state index in [1.54, 1.807) is 0 Å². The lowest BCUT2D eigenvalue weighted by atomic mass is 9.49. The predicted molar refractivity (Wildman–Crippen MR) is 120 cm³/mol. The molecule has 5 heteroatoms. The molecule has 0 aromatic heterocycles. The van der Waals surface area contributed by atoms with Crippen molar-refractivity contribution < 1.29 is 9.53 Å². The molecule has 164 valence electrons. The summed E-state index contributed by atoms with van der Waals surface area (Å²) in [6, 6.07) is 9.04. The number of nitrogens with zero attached hydrogens (tertiary/aromatic N) is 2. The fourth-order valence-electron chi connectivity index (χ4n) is 7.11. The van der Waals surface area contributed by atoms with E-state index in [-0.39, 0.29) is 11.5 Å². The molecule has 30 heavy (non-hydrogen) atoms. The number of hydrogen-bond acceptors (Lipinski definition) is 4. The van der Waals surface area contributed by atoms with Gasteiger partial charge < -0.3 is 15.0 Å². The number of carbonyl (C=O) groups excluding carboxylic acids is 1. The van der Waals surface area contributed by atoms with E-state index in [9.17, 15) is 4.79 Å². The van der Waals surface area contributed by atoms with E-state index in [2.05, 4.69) is 53.5 Å². The van der Waals surface area contributed by atoms with Crippen molar-refractivity contribution in [3.05, 3.63) is 29.8 Å². The van der Waals surface area contributed by atoms with Gasteiger partial charge in [-0.2, -0.15) is 0 Å². The van der Waals surface area contributed by atoms with Gasteiger partial charge >= 0.3 is 0 Å². The molecule has 4 saturated carbocycles. The summed E-state index contributed by atoms with van der Waals surface area (Å²) >= 11 is 0. The Morgan fingerprint density at radius 1 is 1.07 bits per heavy atom. The van der Waals surface area contributed by atoms with Crippen molar-refractivity contribution in [3.8, 4) is 0 Å². The van der Waals surface area contributed by atoms with Gasteiger partial charge in [-0.05, 0) is 74.0 Å². The lowest BCUT2D eigenvalue weighted by molar-refractivity contribution is -0.146. The highest BCUT2D eigenvalue weighted by molar-refractivity contribution is 5.83. The standard InChI is InChI=1S/C25H37N3O2/c1-27(2)22-5-3-21(4-6-22)23(28-7-9-30-10-8-28)17-26-24(29)25-14-18-11-19(15-25)13-20(12-18)16-25/h3-6,18-20,23H,7-17H2,1-2H3,(H,26,29). The molecule has 1 atom stereocenters. The third kappa shape index (κ3) is 3.87. The molecule has 4 bridgehead atoms. The van der Waals surface area contributed by atoms with Crippen LogP contribution in [0.25, 0.3) is 0 Å². The maximum Gasteiger partial charge on any atom is 0.226 e. The topological polar surface area (TPSA) is 44.8 Å². The van der Waals surface area contributed by atoms with Crippen molar-refractivity contribution in [2.75, 3.05) is 51.8 Å². The van der Waals surface area contributed by atoms with Crippen LogP contribution in [0, 0.1) is 23.2 Å². The highest BCUT2D eigenvalue weighted by Crippen LogP contribution is 2.60. The normalized spacial score (nSPS) is 34.0. The molecule has 1 aromatic rings. The highest BCUT2D eigenvalue weighted by Gasteiger charge is 2.54. The lowest BCUT2D eigenvalue weighted by Crippen LogP contribution is -2.54. The first-order valence-corrected chi connectivity index (χ1v) is 11.9. The summed E-state index contributed by atoms with van der Waals surface area (Å²) in [5.41, 5.74) is 2.42. The van der Waals surface area contributed by atoms with E-state index < -0.39 is 0 Å². The Morgan fingerprint density at radius 3 is 2.17 bits per heavy atom. The Morgan fingerprint density at radius 2 is 1.63 bits per heavy atom. The van der Waals surface area contributed by atoms with Crippen LogP contribution in [0.1, 0.15) is 50.1 Å². The zero-order valence-corrected chi connectivity index (χ0v) is 18.6. The summed E-state index contributed by atoms with van der Waals surface area (Å²) in [5, 5.41) is 3.44. The molecule has 5 fully saturated rings. The molecule has 5 aliphatic rings. The molecular formula is C25H37N3O2. The molecule has 1 amide bonds. The molecule has 6 rings (SSSR count). The average molecular weight is 412 g/mol. The van der Waals surface area contributed by atoms with Gasteiger partial charge in [-0.1, -0.05) is 12.1 Å². The molecule has 1 unspecified atom stereocenters. The van der Waals surface area contributed by atoms with E-state index in [1.807, 2.05) is 0 Å². The van der Waals surface area contributed by atoms with Crippen LogP contribution >= 0.6 is 0 Å². The van der Waals surface area contributed by atoms with E-state index in [4.69, 9.17) is 4.74 Å². The van der Waals surface area contributed by atoms with Crippen molar-refractivity contribution in [1.82, 2.24) is 10.2 Å². The zero-order chi connectivity index (χ0) is 20.7. The van der Waals surface area contributed by atoms with Gasteiger partial charge in [0.25, 0.3) is 0 Å². The van der Waals surface area contributed by atoms with Gasteiger partial charge in [0.05, 0.1) is 19.3 Å². The SMILES string of the molecule is CN(C)c1ccc(C(CNC(=O)C23CC4CC(CC(C4)C2)C3)N2CCOCC2)cc1. The Hall–Kier alpha value is -1.59. The molecule has 5 nitrogen and oxygen atoms in total. The van der Waals surface area contributed by atoms with E-state index in [1.165, 1.54) is 30.5 Å². The average Bonchev–Trinajstić information content (AvgIpc) is 2.74.